The van der Waals surface area contributed by atoms with Crippen molar-refractivity contribution in [3.8, 4) is 16.9 Å². The van der Waals surface area contributed by atoms with E-state index in [1.54, 1.807) is 6.20 Å². The first kappa shape index (κ1) is 19.3. The second-order valence-corrected chi connectivity index (χ2v) is 8.96. The number of nitrogens with one attached hydrogen (secondary N) is 2. The number of hydrogen-bond donors (Lipinski definition) is 2. The lowest BCUT2D eigenvalue weighted by molar-refractivity contribution is -0.117. The van der Waals surface area contributed by atoms with Crippen LogP contribution in [-0.4, -0.2) is 34.0 Å². The number of carbonyl (C=O) groups is 1. The van der Waals surface area contributed by atoms with Crippen molar-refractivity contribution in [3.05, 3.63) is 30.2 Å². The summed E-state index contributed by atoms with van der Waals surface area (Å²) >= 11 is 2.76. The number of thiazole rings is 1. The monoisotopic (exact) mass is 442 g/mol. The molecular weight excluding hydrogens is 423 g/mol. The average molecular weight is 443 g/mol. The number of rotatable bonds is 6. The maximum Gasteiger partial charge on any atom is 0.229 e. The molecule has 0 bridgehead atoms. The lowest BCUT2D eigenvalue weighted by Crippen LogP contribution is -2.12. The fraction of sp³-hybridized carbons (Fsp3) is 0.286. The van der Waals surface area contributed by atoms with Crippen LogP contribution in [-0.2, 0) is 4.79 Å². The van der Waals surface area contributed by atoms with Crippen molar-refractivity contribution < 1.29 is 13.9 Å². The third-order valence-electron chi connectivity index (χ3n) is 5.11. The van der Waals surface area contributed by atoms with Gasteiger partial charge in [0.25, 0.3) is 0 Å². The zero-order valence-corrected chi connectivity index (χ0v) is 18.0. The Morgan fingerprint density at radius 2 is 2.27 bits per heavy atom. The van der Waals surface area contributed by atoms with Gasteiger partial charge < -0.3 is 10.1 Å². The summed E-state index contributed by atoms with van der Waals surface area (Å²) in [6, 6.07) is 5.81. The number of carbonyl (C=O) groups excluding carboxylic acids is 1. The molecule has 9 heteroatoms. The first-order valence-electron chi connectivity index (χ1n) is 9.67. The third kappa shape index (κ3) is 3.22. The van der Waals surface area contributed by atoms with Gasteiger partial charge >= 0.3 is 0 Å². The van der Waals surface area contributed by atoms with Crippen molar-refractivity contribution in [1.82, 2.24) is 15.2 Å². The van der Waals surface area contributed by atoms with Crippen molar-refractivity contribution in [1.29, 1.82) is 0 Å². The molecule has 2 N–H and O–H groups in total. The molecule has 1 saturated carbocycles. The average Bonchev–Trinajstić information content (AvgIpc) is 3.35. The predicted molar refractivity (Wildman–Crippen MR) is 119 cm³/mol. The molecule has 154 valence electrons. The van der Waals surface area contributed by atoms with Crippen LogP contribution in [0.2, 0.25) is 0 Å². The van der Waals surface area contributed by atoms with Gasteiger partial charge in [0.1, 0.15) is 5.52 Å². The number of nitrogens with zero attached hydrogens (tertiary/aromatic N) is 2. The Balaban J connectivity index is 1.63. The van der Waals surface area contributed by atoms with E-state index in [-0.39, 0.29) is 17.6 Å². The first-order chi connectivity index (χ1) is 14.6. The number of halogens is 1. The van der Waals surface area contributed by atoms with Gasteiger partial charge in [-0.3, -0.25) is 9.89 Å². The van der Waals surface area contributed by atoms with E-state index in [1.165, 1.54) is 23.1 Å². The molecule has 30 heavy (non-hydrogen) atoms. The van der Waals surface area contributed by atoms with Crippen LogP contribution in [0, 0.1) is 11.7 Å². The lowest BCUT2D eigenvalue weighted by atomic mass is 10.0. The molecule has 2 aromatic carbocycles. The number of hydrogen-bond acceptors (Lipinski definition) is 6. The maximum atomic E-state index is 15.3. The lowest BCUT2D eigenvalue weighted by Gasteiger charge is -2.15. The fourth-order valence-corrected chi connectivity index (χ4v) is 5.15. The minimum Gasteiger partial charge on any atom is -0.489 e. The zero-order chi connectivity index (χ0) is 20.8. The summed E-state index contributed by atoms with van der Waals surface area (Å²) in [5, 5.41) is 11.3. The second kappa shape index (κ2) is 7.55. The molecular formula is C21H19FN4O2S2. The number of benzene rings is 2. The molecule has 4 aromatic rings. The Kier molecular flexibility index (Phi) is 4.86. The van der Waals surface area contributed by atoms with Crippen LogP contribution in [0.5, 0.6) is 5.75 Å². The van der Waals surface area contributed by atoms with Crippen LogP contribution in [0.25, 0.3) is 32.2 Å². The van der Waals surface area contributed by atoms with Crippen LogP contribution in [0.1, 0.15) is 19.8 Å². The number of thioether (sulfide) groups is 1. The van der Waals surface area contributed by atoms with E-state index in [0.717, 1.165) is 39.6 Å². The molecule has 0 atom stereocenters. The van der Waals surface area contributed by atoms with Gasteiger partial charge in [-0.1, -0.05) is 17.4 Å². The number of amides is 1. The Labute approximate surface area is 180 Å². The van der Waals surface area contributed by atoms with Gasteiger partial charge in [0.2, 0.25) is 5.91 Å². The molecule has 1 aliphatic rings. The van der Waals surface area contributed by atoms with E-state index in [9.17, 15) is 4.79 Å². The zero-order valence-electron chi connectivity index (χ0n) is 16.4. The molecule has 1 aliphatic carbocycles. The summed E-state index contributed by atoms with van der Waals surface area (Å²) in [7, 11) is 0. The molecule has 1 fully saturated rings. The van der Waals surface area contributed by atoms with Gasteiger partial charge in [-0.2, -0.15) is 5.10 Å². The summed E-state index contributed by atoms with van der Waals surface area (Å²) in [6.45, 7) is 2.19. The highest BCUT2D eigenvalue weighted by molar-refractivity contribution is 7.98. The quantitative estimate of drug-likeness (QED) is 0.388. The summed E-state index contributed by atoms with van der Waals surface area (Å²) in [5.41, 5.74) is 2.98. The number of fused-ring (bicyclic) bond motifs is 2. The van der Waals surface area contributed by atoms with E-state index in [1.807, 2.05) is 31.4 Å². The molecule has 1 amide bonds. The summed E-state index contributed by atoms with van der Waals surface area (Å²) in [6.07, 6.45) is 5.44. The Morgan fingerprint density at radius 3 is 3.00 bits per heavy atom. The van der Waals surface area contributed by atoms with Gasteiger partial charge in [0, 0.05) is 16.9 Å². The highest BCUT2D eigenvalue weighted by Crippen LogP contribution is 2.44. The van der Waals surface area contributed by atoms with Crippen molar-refractivity contribution in [2.75, 3.05) is 18.2 Å². The van der Waals surface area contributed by atoms with E-state index in [2.05, 4.69) is 20.5 Å². The molecule has 0 spiro atoms. The Morgan fingerprint density at radius 1 is 1.43 bits per heavy atom. The highest BCUT2D eigenvalue weighted by atomic mass is 32.2. The van der Waals surface area contributed by atoms with Crippen LogP contribution in [0.3, 0.4) is 0 Å². The Bertz CT molecular complexity index is 1280. The second-order valence-electron chi connectivity index (χ2n) is 7.11. The molecule has 6 nitrogen and oxygen atoms in total. The van der Waals surface area contributed by atoms with Gasteiger partial charge in [-0.25, -0.2) is 9.37 Å². The standard InChI is InChI=1S/C21H19FN4O2S2/c1-3-28-18-16(22)19(29-2)15(12-9-23-26-17(12)18)11-6-7-13-14(8-11)30-21(24-13)25-20(27)10-4-5-10/h6-10H,3-5H2,1-2H3,(H,23,26)(H,24,25,27). The van der Waals surface area contributed by atoms with E-state index in [0.29, 0.717) is 22.2 Å². The van der Waals surface area contributed by atoms with Crippen molar-refractivity contribution >= 4 is 55.3 Å². The minimum atomic E-state index is -0.391. The van der Waals surface area contributed by atoms with Crippen LogP contribution in [0.4, 0.5) is 9.52 Å². The SMILES string of the molecule is CCOc1c(F)c(SC)c(-c2ccc3nc(NC(=O)C4CC4)sc3c2)c2cn[nH]c12. The van der Waals surface area contributed by atoms with E-state index >= 15 is 4.39 Å². The van der Waals surface area contributed by atoms with Crippen molar-refractivity contribution in [3.63, 3.8) is 0 Å². The smallest absolute Gasteiger partial charge is 0.229 e. The predicted octanol–water partition coefficient (Wildman–Crippen LogP) is 5.45. The van der Waals surface area contributed by atoms with Crippen LogP contribution in [0.15, 0.2) is 29.3 Å². The number of aromatic nitrogens is 3. The number of anilines is 1. The van der Waals surface area contributed by atoms with Gasteiger partial charge in [-0.05, 0) is 43.7 Å². The minimum absolute atomic E-state index is 0.0349. The number of H-pyrrole nitrogens is 1. The first-order valence-corrected chi connectivity index (χ1v) is 11.7. The third-order valence-corrected chi connectivity index (χ3v) is 6.83. The summed E-state index contributed by atoms with van der Waals surface area (Å²) < 4.78 is 21.8. The Hall–Kier alpha value is -2.65. The van der Waals surface area contributed by atoms with Crippen LogP contribution < -0.4 is 10.1 Å². The topological polar surface area (TPSA) is 79.9 Å². The number of aromatic amines is 1. The molecule has 0 unspecified atom stereocenters. The summed E-state index contributed by atoms with van der Waals surface area (Å²) in [5.74, 6) is -0.0366. The highest BCUT2D eigenvalue weighted by Gasteiger charge is 2.30. The molecule has 0 radical (unpaired) electrons. The van der Waals surface area contributed by atoms with Gasteiger partial charge in [-0.15, -0.1) is 11.8 Å². The van der Waals surface area contributed by atoms with Crippen molar-refractivity contribution in [2.24, 2.45) is 5.92 Å². The van der Waals surface area contributed by atoms with Gasteiger partial charge in [0.05, 0.1) is 27.9 Å². The fourth-order valence-electron chi connectivity index (χ4n) is 3.54. The summed E-state index contributed by atoms with van der Waals surface area (Å²) in [4.78, 5) is 17.1. The van der Waals surface area contributed by atoms with Crippen LogP contribution >= 0.6 is 23.1 Å². The molecule has 2 heterocycles. The molecule has 0 aliphatic heterocycles. The van der Waals surface area contributed by atoms with Crippen molar-refractivity contribution in [2.45, 2.75) is 24.7 Å². The largest absolute Gasteiger partial charge is 0.489 e. The number of ether oxygens (including phenoxy) is 1. The van der Waals surface area contributed by atoms with Gasteiger partial charge in [0.15, 0.2) is 16.7 Å². The molecule has 0 saturated heterocycles. The normalized spacial score (nSPS) is 13.8. The van der Waals surface area contributed by atoms with E-state index < -0.39 is 5.82 Å². The molecule has 2 aromatic heterocycles. The van der Waals surface area contributed by atoms with E-state index in [4.69, 9.17) is 4.74 Å². The molecule has 5 rings (SSSR count). The maximum absolute atomic E-state index is 15.3.